The van der Waals surface area contributed by atoms with E-state index >= 15 is 0 Å². The van der Waals surface area contributed by atoms with Gasteiger partial charge < -0.3 is 0 Å². The average molecular weight is 348 g/mol. The van der Waals surface area contributed by atoms with E-state index in [2.05, 4.69) is 24.9 Å². The van der Waals surface area contributed by atoms with Crippen LogP contribution in [0.3, 0.4) is 0 Å². The van der Waals surface area contributed by atoms with Crippen molar-refractivity contribution < 1.29 is 4.79 Å². The van der Waals surface area contributed by atoms with Gasteiger partial charge in [-0.2, -0.15) is 4.37 Å². The van der Waals surface area contributed by atoms with Crippen LogP contribution in [-0.2, 0) is 4.79 Å². The van der Waals surface area contributed by atoms with Crippen molar-refractivity contribution in [2.75, 3.05) is 17.3 Å². The van der Waals surface area contributed by atoms with Crippen molar-refractivity contribution in [3.05, 3.63) is 5.01 Å². The molecule has 2 heterocycles. The van der Waals surface area contributed by atoms with E-state index in [0.717, 1.165) is 14.5 Å². The number of hydrogen-bond donors (Lipinski definition) is 1. The zero-order chi connectivity index (χ0) is 14.5. The molecule has 0 aliphatic heterocycles. The lowest BCUT2D eigenvalue weighted by Crippen LogP contribution is -2.13. The molecular formula is C10H13N5OS4. The van der Waals surface area contributed by atoms with Gasteiger partial charge in [0.05, 0.1) is 5.75 Å². The highest BCUT2D eigenvalue weighted by Crippen LogP contribution is 2.25. The van der Waals surface area contributed by atoms with Crippen molar-refractivity contribution in [1.82, 2.24) is 19.6 Å². The van der Waals surface area contributed by atoms with Crippen LogP contribution >= 0.6 is 46.4 Å². The Morgan fingerprint density at radius 1 is 1.40 bits per heavy atom. The molecule has 0 bridgehead atoms. The number of nitrogens with one attached hydrogen (secondary N) is 1. The maximum absolute atomic E-state index is 11.8. The van der Waals surface area contributed by atoms with Gasteiger partial charge in [0, 0.05) is 5.92 Å². The molecule has 0 aliphatic carbocycles. The van der Waals surface area contributed by atoms with Crippen LogP contribution in [0.5, 0.6) is 0 Å². The summed E-state index contributed by atoms with van der Waals surface area (Å²) in [5.74, 6) is 0.501. The molecule has 0 atom stereocenters. The fourth-order valence-corrected chi connectivity index (χ4v) is 3.91. The number of carbonyl (C=O) groups is 1. The molecule has 20 heavy (non-hydrogen) atoms. The number of amides is 1. The van der Waals surface area contributed by atoms with Gasteiger partial charge in [0.1, 0.15) is 5.01 Å². The largest absolute Gasteiger partial charge is 0.300 e. The van der Waals surface area contributed by atoms with Gasteiger partial charge in [-0.05, 0) is 17.8 Å². The van der Waals surface area contributed by atoms with Crippen molar-refractivity contribution >= 4 is 57.4 Å². The van der Waals surface area contributed by atoms with Crippen molar-refractivity contribution in [3.8, 4) is 0 Å². The fourth-order valence-electron chi connectivity index (χ4n) is 1.14. The summed E-state index contributed by atoms with van der Waals surface area (Å²) in [5, 5.41) is 12.9. The van der Waals surface area contributed by atoms with Gasteiger partial charge >= 0.3 is 0 Å². The summed E-state index contributed by atoms with van der Waals surface area (Å²) in [6.07, 6.45) is 1.92. The number of hydrogen-bond acceptors (Lipinski definition) is 9. The van der Waals surface area contributed by atoms with Crippen LogP contribution in [0.4, 0.5) is 5.13 Å². The number of nitrogens with zero attached hydrogens (tertiary/aromatic N) is 4. The molecule has 6 nitrogen and oxygen atoms in total. The van der Waals surface area contributed by atoms with Crippen molar-refractivity contribution in [2.45, 2.75) is 29.3 Å². The molecule has 108 valence electrons. The smallest absolute Gasteiger partial charge is 0.236 e. The number of anilines is 1. The Bertz CT molecular complexity index is 582. The van der Waals surface area contributed by atoms with E-state index in [0.29, 0.717) is 16.8 Å². The molecule has 0 radical (unpaired) electrons. The standard InChI is InChI=1S/C10H13N5OS4/c1-5(2)7-13-14-8(19-7)11-6(16)4-18-10-12-9(17-3)15-20-10/h5H,4H2,1-3H3,(H,11,14,16). The molecule has 2 aromatic rings. The zero-order valence-electron chi connectivity index (χ0n) is 11.1. The maximum atomic E-state index is 11.8. The highest BCUT2D eigenvalue weighted by molar-refractivity contribution is 8.01. The number of rotatable bonds is 6. The first-order valence-electron chi connectivity index (χ1n) is 5.72. The summed E-state index contributed by atoms with van der Waals surface area (Å²) in [6.45, 7) is 4.08. The van der Waals surface area contributed by atoms with Gasteiger partial charge in [-0.15, -0.1) is 10.2 Å². The third-order valence-electron chi connectivity index (χ3n) is 2.08. The van der Waals surface area contributed by atoms with Gasteiger partial charge in [0.15, 0.2) is 4.34 Å². The summed E-state index contributed by atoms with van der Waals surface area (Å²) in [4.78, 5) is 16.1. The van der Waals surface area contributed by atoms with Crippen LogP contribution in [0, 0.1) is 0 Å². The first kappa shape index (κ1) is 15.7. The molecule has 0 saturated heterocycles. The second-order valence-corrected chi connectivity index (χ2v) is 7.74. The molecule has 0 spiro atoms. The first-order chi connectivity index (χ1) is 9.58. The predicted molar refractivity (Wildman–Crippen MR) is 85.0 cm³/mol. The third-order valence-corrected chi connectivity index (χ3v) is 5.72. The molecule has 2 rings (SSSR count). The summed E-state index contributed by atoms with van der Waals surface area (Å²) in [6, 6.07) is 0. The van der Waals surface area contributed by atoms with E-state index in [1.807, 2.05) is 20.1 Å². The van der Waals surface area contributed by atoms with E-state index in [-0.39, 0.29) is 5.91 Å². The normalized spacial score (nSPS) is 11.0. The van der Waals surface area contributed by atoms with Gasteiger partial charge in [0.25, 0.3) is 0 Å². The highest BCUT2D eigenvalue weighted by atomic mass is 32.2. The second kappa shape index (κ2) is 7.34. The number of carbonyl (C=O) groups excluding carboxylic acids is 1. The predicted octanol–water partition coefficient (Wildman–Crippen LogP) is 2.97. The summed E-state index contributed by atoms with van der Waals surface area (Å²) < 4.78 is 4.94. The molecule has 0 saturated carbocycles. The molecule has 2 aromatic heterocycles. The molecule has 10 heteroatoms. The van der Waals surface area contributed by atoms with Crippen LogP contribution in [-0.4, -0.2) is 37.5 Å². The molecule has 0 aromatic carbocycles. The van der Waals surface area contributed by atoms with Gasteiger partial charge in [-0.3, -0.25) is 10.1 Å². The Hall–Kier alpha value is -0.710. The molecule has 1 amide bonds. The minimum absolute atomic E-state index is 0.109. The summed E-state index contributed by atoms with van der Waals surface area (Å²) in [5.41, 5.74) is 0. The first-order valence-corrected chi connectivity index (χ1v) is 9.52. The van der Waals surface area contributed by atoms with Gasteiger partial charge in [0.2, 0.25) is 16.2 Å². The Balaban J connectivity index is 1.82. The number of aromatic nitrogens is 4. The minimum atomic E-state index is -0.109. The third kappa shape index (κ3) is 4.40. The van der Waals surface area contributed by atoms with Crippen molar-refractivity contribution in [1.29, 1.82) is 0 Å². The monoisotopic (exact) mass is 347 g/mol. The molecule has 1 N–H and O–H groups in total. The second-order valence-electron chi connectivity index (χ2n) is 3.98. The minimum Gasteiger partial charge on any atom is -0.300 e. The zero-order valence-corrected chi connectivity index (χ0v) is 14.4. The van der Waals surface area contributed by atoms with Crippen molar-refractivity contribution in [3.63, 3.8) is 0 Å². The Kier molecular flexibility index (Phi) is 5.75. The van der Waals surface area contributed by atoms with E-state index in [4.69, 9.17) is 0 Å². The van der Waals surface area contributed by atoms with E-state index in [9.17, 15) is 4.79 Å². The van der Waals surface area contributed by atoms with Crippen LogP contribution in [0.2, 0.25) is 0 Å². The Labute approximate surface area is 133 Å². The molecular weight excluding hydrogens is 334 g/mol. The van der Waals surface area contributed by atoms with E-state index in [1.54, 1.807) is 0 Å². The van der Waals surface area contributed by atoms with Crippen molar-refractivity contribution in [2.24, 2.45) is 0 Å². The molecule has 0 fully saturated rings. The average Bonchev–Trinajstić information content (AvgIpc) is 3.04. The highest BCUT2D eigenvalue weighted by Gasteiger charge is 2.12. The van der Waals surface area contributed by atoms with Crippen LogP contribution in [0.25, 0.3) is 0 Å². The quantitative estimate of drug-likeness (QED) is 0.805. The van der Waals surface area contributed by atoms with Gasteiger partial charge in [-0.25, -0.2) is 4.98 Å². The number of thioether (sulfide) groups is 2. The van der Waals surface area contributed by atoms with Crippen LogP contribution < -0.4 is 5.32 Å². The lowest BCUT2D eigenvalue weighted by molar-refractivity contribution is -0.113. The van der Waals surface area contributed by atoms with Crippen LogP contribution in [0.1, 0.15) is 24.8 Å². The SMILES string of the molecule is CSc1nsc(SCC(=O)Nc2nnc(C(C)C)s2)n1. The van der Waals surface area contributed by atoms with E-state index in [1.165, 1.54) is 46.4 Å². The van der Waals surface area contributed by atoms with Gasteiger partial charge in [-0.1, -0.05) is 48.7 Å². The molecule has 0 unspecified atom stereocenters. The topological polar surface area (TPSA) is 80.7 Å². The maximum Gasteiger partial charge on any atom is 0.236 e. The molecule has 0 aliphatic rings. The van der Waals surface area contributed by atoms with Crippen LogP contribution in [0.15, 0.2) is 9.50 Å². The summed E-state index contributed by atoms with van der Waals surface area (Å²) >= 11 is 5.58. The fraction of sp³-hybridized carbons (Fsp3) is 0.500. The lowest BCUT2D eigenvalue weighted by atomic mass is 10.2. The van der Waals surface area contributed by atoms with E-state index < -0.39 is 0 Å². The Morgan fingerprint density at radius 2 is 2.20 bits per heavy atom. The summed E-state index contributed by atoms with van der Waals surface area (Å²) in [7, 11) is 0. The Morgan fingerprint density at radius 3 is 2.80 bits per heavy atom. The lowest BCUT2D eigenvalue weighted by Gasteiger charge is -1.98.